The number of carbonyl (C=O) groups is 3. The Morgan fingerprint density at radius 1 is 1.11 bits per heavy atom. The molecular weight excluding hydrogens is 514 g/mol. The molecule has 2 aromatic carbocycles. The lowest BCUT2D eigenvalue weighted by atomic mass is 10.2. The highest BCUT2D eigenvalue weighted by atomic mass is 35.5. The van der Waals surface area contributed by atoms with E-state index in [1.54, 1.807) is 36.4 Å². The van der Waals surface area contributed by atoms with Crippen LogP contribution in [-0.4, -0.2) is 65.5 Å². The minimum atomic E-state index is -0.810. The first-order valence-corrected chi connectivity index (χ1v) is 12.1. The molecule has 38 heavy (non-hydrogen) atoms. The van der Waals surface area contributed by atoms with Gasteiger partial charge in [0.05, 0.1) is 44.7 Å². The van der Waals surface area contributed by atoms with Crippen LogP contribution in [0.25, 0.3) is 0 Å². The number of methoxy groups -OCH3 is 1. The second-order valence-electron chi connectivity index (χ2n) is 8.62. The first-order valence-electron chi connectivity index (χ1n) is 11.7. The quantitative estimate of drug-likeness (QED) is 0.413. The highest BCUT2D eigenvalue weighted by molar-refractivity contribution is 6.30. The van der Waals surface area contributed by atoms with Crippen molar-refractivity contribution in [1.29, 1.82) is 0 Å². The second kappa shape index (κ2) is 11.0. The van der Waals surface area contributed by atoms with E-state index in [0.717, 1.165) is 5.56 Å². The predicted octanol–water partition coefficient (Wildman–Crippen LogP) is 4.06. The van der Waals surface area contributed by atoms with Crippen LogP contribution in [0.2, 0.25) is 5.02 Å². The molecule has 0 bridgehead atoms. The van der Waals surface area contributed by atoms with Crippen molar-refractivity contribution in [3.63, 3.8) is 0 Å². The monoisotopic (exact) mass is 537 g/mol. The van der Waals surface area contributed by atoms with Crippen LogP contribution in [0.15, 0.2) is 67.0 Å². The molecule has 1 aromatic heterocycles. The van der Waals surface area contributed by atoms with Gasteiger partial charge in [0.15, 0.2) is 6.29 Å². The van der Waals surface area contributed by atoms with Crippen LogP contribution in [0, 0.1) is 0 Å². The van der Waals surface area contributed by atoms with Gasteiger partial charge in [0.1, 0.15) is 11.5 Å². The van der Waals surface area contributed by atoms with Gasteiger partial charge in [-0.2, -0.15) is 0 Å². The molecule has 0 saturated carbocycles. The molecule has 1 unspecified atom stereocenters. The van der Waals surface area contributed by atoms with Crippen LogP contribution < -0.4 is 15.4 Å². The summed E-state index contributed by atoms with van der Waals surface area (Å²) in [5.74, 6) is 0.350. The van der Waals surface area contributed by atoms with E-state index in [4.69, 9.17) is 25.8 Å². The van der Waals surface area contributed by atoms with Crippen LogP contribution in [0.3, 0.4) is 0 Å². The molecule has 2 saturated heterocycles. The molecule has 2 N–H and O–H groups in total. The number of hydrogen-bond acceptors (Lipinski definition) is 8. The molecule has 3 aromatic rings. The zero-order valence-electron chi connectivity index (χ0n) is 20.3. The van der Waals surface area contributed by atoms with Crippen molar-refractivity contribution >= 4 is 35.3 Å². The molecule has 196 valence electrons. The Bertz CT molecular complexity index is 1330. The number of pyridine rings is 1. The van der Waals surface area contributed by atoms with Gasteiger partial charge in [-0.3, -0.25) is 15.2 Å². The number of benzene rings is 2. The SMILES string of the molecule is COC(=O)c1cncc(Oc2ccc(NC3NC(=O)N(C4COC4)C(=O)N3Cc3ccc(Cl)cc3)cc2)c1. The first-order chi connectivity index (χ1) is 18.4. The smallest absolute Gasteiger partial charge is 0.339 e. The van der Waals surface area contributed by atoms with Crippen LogP contribution in [0.4, 0.5) is 15.3 Å². The number of anilines is 1. The van der Waals surface area contributed by atoms with Crippen LogP contribution in [0.1, 0.15) is 15.9 Å². The molecule has 11 nitrogen and oxygen atoms in total. The van der Waals surface area contributed by atoms with E-state index in [1.807, 2.05) is 12.1 Å². The average molecular weight is 538 g/mol. The molecular formula is C26H24ClN5O6. The summed E-state index contributed by atoms with van der Waals surface area (Å²) in [6.07, 6.45) is 2.06. The van der Waals surface area contributed by atoms with Crippen molar-refractivity contribution in [1.82, 2.24) is 20.1 Å². The number of urea groups is 2. The number of rotatable bonds is 8. The lowest BCUT2D eigenvalue weighted by Crippen LogP contribution is -2.71. The van der Waals surface area contributed by atoms with Gasteiger partial charge in [-0.05, 0) is 48.0 Å². The molecule has 4 amide bonds. The third-order valence-corrected chi connectivity index (χ3v) is 6.27. The fourth-order valence-corrected chi connectivity index (χ4v) is 4.10. The van der Waals surface area contributed by atoms with Gasteiger partial charge in [0, 0.05) is 16.9 Å². The van der Waals surface area contributed by atoms with Crippen molar-refractivity contribution < 1.29 is 28.6 Å². The molecule has 1 atom stereocenters. The fraction of sp³-hybridized carbons (Fsp3) is 0.231. The molecule has 12 heteroatoms. The van der Waals surface area contributed by atoms with Gasteiger partial charge in [-0.1, -0.05) is 23.7 Å². The summed E-state index contributed by atoms with van der Waals surface area (Å²) in [5.41, 5.74) is 1.75. The topological polar surface area (TPSA) is 122 Å². The van der Waals surface area contributed by atoms with Crippen LogP contribution in [-0.2, 0) is 16.0 Å². The molecule has 0 spiro atoms. The highest BCUT2D eigenvalue weighted by Gasteiger charge is 2.44. The maximum atomic E-state index is 13.4. The summed E-state index contributed by atoms with van der Waals surface area (Å²) in [4.78, 5) is 44.7. The zero-order valence-corrected chi connectivity index (χ0v) is 21.1. The Kier molecular flexibility index (Phi) is 7.29. The number of imide groups is 1. The molecule has 5 rings (SSSR count). The first kappa shape index (κ1) is 25.3. The normalized spacial score (nSPS) is 17.5. The number of carbonyl (C=O) groups excluding carboxylic acids is 3. The van der Waals surface area contributed by atoms with Gasteiger partial charge in [-0.15, -0.1) is 0 Å². The van der Waals surface area contributed by atoms with Crippen molar-refractivity contribution in [3.8, 4) is 11.5 Å². The van der Waals surface area contributed by atoms with E-state index >= 15 is 0 Å². The number of amides is 4. The number of hydrogen-bond donors (Lipinski definition) is 2. The molecule has 0 aliphatic carbocycles. The van der Waals surface area contributed by atoms with Gasteiger partial charge in [-0.25, -0.2) is 19.3 Å². The Balaban J connectivity index is 1.31. The summed E-state index contributed by atoms with van der Waals surface area (Å²) in [7, 11) is 1.29. The summed E-state index contributed by atoms with van der Waals surface area (Å²) in [6.45, 7) is 0.861. The molecule has 3 heterocycles. The Morgan fingerprint density at radius 3 is 2.50 bits per heavy atom. The van der Waals surface area contributed by atoms with Crippen molar-refractivity contribution in [2.24, 2.45) is 0 Å². The Hall–Kier alpha value is -4.35. The lowest BCUT2D eigenvalue weighted by molar-refractivity contribution is -0.0475. The number of ether oxygens (including phenoxy) is 3. The largest absolute Gasteiger partial charge is 0.465 e. The van der Waals surface area contributed by atoms with E-state index in [2.05, 4.69) is 15.6 Å². The average Bonchev–Trinajstić information content (AvgIpc) is 2.89. The maximum Gasteiger partial charge on any atom is 0.339 e. The standard InChI is InChI=1S/C26H24ClN5O6/c1-36-23(33)17-10-22(12-28-11-17)38-21-8-6-19(7-9-21)29-24-30-25(34)32(20-14-37-15-20)26(35)31(24)13-16-2-4-18(27)5-3-16/h2-12,20,24,29H,13-15H2,1H3,(H,30,34). The van der Waals surface area contributed by atoms with E-state index in [9.17, 15) is 14.4 Å². The Morgan fingerprint density at radius 2 is 1.84 bits per heavy atom. The minimum absolute atomic E-state index is 0.239. The second-order valence-corrected chi connectivity index (χ2v) is 9.06. The van der Waals surface area contributed by atoms with E-state index < -0.39 is 24.3 Å². The molecule has 2 aliphatic rings. The van der Waals surface area contributed by atoms with Crippen molar-refractivity contribution in [2.75, 3.05) is 25.6 Å². The summed E-state index contributed by atoms with van der Waals surface area (Å²) < 4.78 is 15.7. The molecule has 2 fully saturated rings. The van der Waals surface area contributed by atoms with Crippen molar-refractivity contribution in [3.05, 3.63) is 83.1 Å². The van der Waals surface area contributed by atoms with Gasteiger partial charge in [0.2, 0.25) is 0 Å². The number of nitrogens with zero attached hydrogens (tertiary/aromatic N) is 3. The van der Waals surface area contributed by atoms with Gasteiger partial charge < -0.3 is 19.5 Å². The summed E-state index contributed by atoms with van der Waals surface area (Å²) in [6, 6.07) is 14.4. The number of aromatic nitrogens is 1. The predicted molar refractivity (Wildman–Crippen MR) is 137 cm³/mol. The number of esters is 1. The minimum Gasteiger partial charge on any atom is -0.465 e. The van der Waals surface area contributed by atoms with E-state index in [-0.39, 0.29) is 18.2 Å². The van der Waals surface area contributed by atoms with E-state index in [1.165, 1.54) is 35.4 Å². The maximum absolute atomic E-state index is 13.4. The van der Waals surface area contributed by atoms with Crippen LogP contribution >= 0.6 is 11.6 Å². The Labute approximate surface area is 223 Å². The number of nitrogens with one attached hydrogen (secondary N) is 2. The number of halogens is 1. The van der Waals surface area contributed by atoms with Crippen molar-refractivity contribution in [2.45, 2.75) is 18.9 Å². The summed E-state index contributed by atoms with van der Waals surface area (Å²) in [5, 5.41) is 6.66. The highest BCUT2D eigenvalue weighted by Crippen LogP contribution is 2.26. The summed E-state index contributed by atoms with van der Waals surface area (Å²) >= 11 is 6.02. The third-order valence-electron chi connectivity index (χ3n) is 6.02. The third kappa shape index (κ3) is 5.48. The van der Waals surface area contributed by atoms with Gasteiger partial charge >= 0.3 is 18.0 Å². The van der Waals surface area contributed by atoms with Crippen LogP contribution in [0.5, 0.6) is 11.5 Å². The van der Waals surface area contributed by atoms with Gasteiger partial charge in [0.25, 0.3) is 0 Å². The molecule has 0 radical (unpaired) electrons. The lowest BCUT2D eigenvalue weighted by Gasteiger charge is -2.45. The van der Waals surface area contributed by atoms with E-state index in [0.29, 0.717) is 35.4 Å². The fourth-order valence-electron chi connectivity index (χ4n) is 3.97. The zero-order chi connectivity index (χ0) is 26.6. The molecule has 2 aliphatic heterocycles.